The summed E-state index contributed by atoms with van der Waals surface area (Å²) in [6.45, 7) is 4.03. The summed E-state index contributed by atoms with van der Waals surface area (Å²) >= 11 is 7.22. The minimum Gasteiger partial charge on any atom is -0.490 e. The first-order chi connectivity index (χ1) is 14.4. The van der Waals surface area contributed by atoms with Crippen LogP contribution in [0.1, 0.15) is 22.8 Å². The molecule has 1 aliphatic heterocycles. The van der Waals surface area contributed by atoms with Gasteiger partial charge >= 0.3 is 0 Å². The van der Waals surface area contributed by atoms with Crippen molar-refractivity contribution in [2.45, 2.75) is 22.1 Å². The fourth-order valence-electron chi connectivity index (χ4n) is 3.36. The molecule has 1 amide bonds. The Bertz CT molecular complexity index is 1200. The smallest absolute Gasteiger partial charge is 0.225 e. The zero-order valence-electron chi connectivity index (χ0n) is 15.8. The lowest BCUT2D eigenvalue weighted by Gasteiger charge is -2.24. The zero-order chi connectivity index (χ0) is 21.3. The molecular weight excluding hydrogens is 442 g/mol. The molecule has 0 saturated heterocycles. The topological polar surface area (TPSA) is 72.5 Å². The van der Waals surface area contributed by atoms with Crippen molar-refractivity contribution < 1.29 is 17.9 Å². The fraction of sp³-hybridized carbons (Fsp3) is 0.136. The maximum Gasteiger partial charge on any atom is 0.225 e. The second-order valence-corrected chi connectivity index (χ2v) is 10.0. The number of ether oxygens (including phenoxy) is 1. The van der Waals surface area contributed by atoms with Crippen molar-refractivity contribution in [3.05, 3.63) is 82.0 Å². The van der Waals surface area contributed by atoms with Gasteiger partial charge in [0.15, 0.2) is 0 Å². The van der Waals surface area contributed by atoms with Crippen LogP contribution in [0.2, 0.25) is 5.02 Å². The van der Waals surface area contributed by atoms with Gasteiger partial charge in [-0.1, -0.05) is 36.4 Å². The van der Waals surface area contributed by atoms with E-state index in [1.165, 1.54) is 35.6 Å². The molecule has 154 valence electrons. The number of sulfone groups is 1. The number of thiophene rings is 1. The molecule has 0 bridgehead atoms. The van der Waals surface area contributed by atoms with E-state index in [9.17, 15) is 13.2 Å². The van der Waals surface area contributed by atoms with Crippen LogP contribution in [0.4, 0.5) is 5.69 Å². The normalized spacial score (nSPS) is 15.9. The SMILES string of the molecule is C=CCOc1ccc(C2CC(=O)Nc3c(S(=O)(=O)c4ccc(Cl)cc4)csc32)cc1. The standard InChI is InChI=1S/C22H18ClNO4S2/c1-2-11-28-16-7-3-14(4-8-16)18-12-20(25)24-21-19(13-29-22(18)21)30(26,27)17-9-5-15(23)6-10-17/h2-10,13,18H,1,11-12H2,(H,24,25). The molecule has 0 spiro atoms. The van der Waals surface area contributed by atoms with E-state index in [4.69, 9.17) is 16.3 Å². The maximum absolute atomic E-state index is 13.2. The van der Waals surface area contributed by atoms with E-state index >= 15 is 0 Å². The Morgan fingerprint density at radius 3 is 2.53 bits per heavy atom. The van der Waals surface area contributed by atoms with Gasteiger partial charge in [0.25, 0.3) is 0 Å². The van der Waals surface area contributed by atoms with Crippen molar-refractivity contribution in [1.82, 2.24) is 0 Å². The third-order valence-corrected chi connectivity index (χ3v) is 8.11. The molecule has 30 heavy (non-hydrogen) atoms. The quantitative estimate of drug-likeness (QED) is 0.509. The number of halogens is 1. The Labute approximate surface area is 183 Å². The van der Waals surface area contributed by atoms with Gasteiger partial charge in [0.1, 0.15) is 17.3 Å². The largest absolute Gasteiger partial charge is 0.490 e. The first-order valence-corrected chi connectivity index (χ1v) is 11.9. The summed E-state index contributed by atoms with van der Waals surface area (Å²) in [7, 11) is -3.79. The first kappa shape index (κ1) is 20.7. The molecule has 0 radical (unpaired) electrons. The van der Waals surface area contributed by atoms with Gasteiger partial charge in [-0.2, -0.15) is 0 Å². The van der Waals surface area contributed by atoms with Crippen LogP contribution in [0.5, 0.6) is 5.75 Å². The van der Waals surface area contributed by atoms with E-state index in [0.29, 0.717) is 23.1 Å². The van der Waals surface area contributed by atoms with Crippen molar-refractivity contribution >= 4 is 44.4 Å². The highest BCUT2D eigenvalue weighted by Gasteiger charge is 2.34. The van der Waals surface area contributed by atoms with Gasteiger partial charge in [-0.05, 0) is 42.0 Å². The summed E-state index contributed by atoms with van der Waals surface area (Å²) in [5.41, 5.74) is 1.29. The van der Waals surface area contributed by atoms with Crippen molar-refractivity contribution in [2.24, 2.45) is 0 Å². The number of hydrogen-bond acceptors (Lipinski definition) is 5. The van der Waals surface area contributed by atoms with E-state index in [1.807, 2.05) is 24.3 Å². The van der Waals surface area contributed by atoms with E-state index in [1.54, 1.807) is 11.5 Å². The third-order valence-electron chi connectivity index (χ3n) is 4.82. The molecule has 8 heteroatoms. The lowest BCUT2D eigenvalue weighted by Crippen LogP contribution is -2.23. The number of amides is 1. The van der Waals surface area contributed by atoms with Gasteiger partial charge < -0.3 is 10.1 Å². The van der Waals surface area contributed by atoms with Crippen molar-refractivity contribution in [2.75, 3.05) is 11.9 Å². The molecule has 4 rings (SSSR count). The van der Waals surface area contributed by atoms with Crippen LogP contribution < -0.4 is 10.1 Å². The molecule has 1 N–H and O–H groups in total. The number of nitrogens with one attached hydrogen (secondary N) is 1. The second-order valence-electron chi connectivity index (χ2n) is 6.77. The molecule has 5 nitrogen and oxygen atoms in total. The van der Waals surface area contributed by atoms with E-state index in [0.717, 1.165) is 10.4 Å². The summed E-state index contributed by atoms with van der Waals surface area (Å²) in [4.78, 5) is 13.5. The molecule has 0 aliphatic carbocycles. The van der Waals surface area contributed by atoms with Crippen LogP contribution >= 0.6 is 22.9 Å². The van der Waals surface area contributed by atoms with Gasteiger partial charge in [0.2, 0.25) is 15.7 Å². The Hall–Kier alpha value is -2.61. The van der Waals surface area contributed by atoms with Crippen LogP contribution in [-0.4, -0.2) is 20.9 Å². The molecule has 2 heterocycles. The highest BCUT2D eigenvalue weighted by atomic mass is 35.5. The van der Waals surface area contributed by atoms with Crippen molar-refractivity contribution in [3.63, 3.8) is 0 Å². The second kappa shape index (κ2) is 8.26. The number of anilines is 1. The van der Waals surface area contributed by atoms with Crippen LogP contribution in [0.3, 0.4) is 0 Å². The van der Waals surface area contributed by atoms with E-state index in [2.05, 4.69) is 11.9 Å². The number of rotatable bonds is 6. The number of carbonyl (C=O) groups excluding carboxylic acids is 1. The molecule has 2 aromatic carbocycles. The Balaban J connectivity index is 1.72. The lowest BCUT2D eigenvalue weighted by molar-refractivity contribution is -0.116. The molecule has 0 fully saturated rings. The molecule has 1 atom stereocenters. The number of hydrogen-bond donors (Lipinski definition) is 1. The minimum absolute atomic E-state index is 0.105. The lowest BCUT2D eigenvalue weighted by atomic mass is 9.90. The Kier molecular flexibility index (Phi) is 5.69. The number of benzene rings is 2. The third kappa shape index (κ3) is 3.88. The van der Waals surface area contributed by atoms with Gasteiger partial charge in [-0.3, -0.25) is 4.79 Å². The highest BCUT2D eigenvalue weighted by Crippen LogP contribution is 2.46. The molecule has 1 aromatic heterocycles. The molecule has 1 unspecified atom stereocenters. The number of fused-ring (bicyclic) bond motifs is 1. The monoisotopic (exact) mass is 459 g/mol. The van der Waals surface area contributed by atoms with Gasteiger partial charge in [0, 0.05) is 27.6 Å². The summed E-state index contributed by atoms with van der Waals surface area (Å²) in [6, 6.07) is 13.5. The molecule has 1 aliphatic rings. The summed E-state index contributed by atoms with van der Waals surface area (Å²) in [6.07, 6.45) is 1.92. The van der Waals surface area contributed by atoms with Gasteiger partial charge in [-0.15, -0.1) is 11.3 Å². The van der Waals surface area contributed by atoms with Crippen LogP contribution in [0.25, 0.3) is 0 Å². The van der Waals surface area contributed by atoms with Crippen LogP contribution in [0, 0.1) is 0 Å². The Morgan fingerprint density at radius 2 is 1.87 bits per heavy atom. The average molecular weight is 460 g/mol. The molecule has 3 aromatic rings. The van der Waals surface area contributed by atoms with Crippen LogP contribution in [0.15, 0.2) is 76.4 Å². The van der Waals surface area contributed by atoms with E-state index < -0.39 is 9.84 Å². The first-order valence-electron chi connectivity index (χ1n) is 9.15. The minimum atomic E-state index is -3.79. The van der Waals surface area contributed by atoms with Gasteiger partial charge in [-0.25, -0.2) is 8.42 Å². The number of carbonyl (C=O) groups is 1. The van der Waals surface area contributed by atoms with Crippen molar-refractivity contribution in [1.29, 1.82) is 0 Å². The predicted molar refractivity (Wildman–Crippen MR) is 118 cm³/mol. The zero-order valence-corrected chi connectivity index (χ0v) is 18.2. The predicted octanol–water partition coefficient (Wildman–Crippen LogP) is 5.27. The van der Waals surface area contributed by atoms with E-state index in [-0.39, 0.29) is 28.0 Å². The summed E-state index contributed by atoms with van der Waals surface area (Å²) < 4.78 is 31.8. The van der Waals surface area contributed by atoms with Crippen molar-refractivity contribution in [3.8, 4) is 5.75 Å². The Morgan fingerprint density at radius 1 is 1.17 bits per heavy atom. The maximum atomic E-state index is 13.2. The summed E-state index contributed by atoms with van der Waals surface area (Å²) in [5.74, 6) is 0.267. The molecule has 0 saturated carbocycles. The van der Waals surface area contributed by atoms with Crippen LogP contribution in [-0.2, 0) is 14.6 Å². The summed E-state index contributed by atoms with van der Waals surface area (Å²) in [5, 5.41) is 4.81. The highest BCUT2D eigenvalue weighted by molar-refractivity contribution is 7.91. The van der Waals surface area contributed by atoms with Gasteiger partial charge in [0.05, 0.1) is 10.6 Å². The average Bonchev–Trinajstić information content (AvgIpc) is 3.17. The molecular formula is C22H18ClNO4S2. The fourth-order valence-corrected chi connectivity index (χ4v) is 6.40.